The summed E-state index contributed by atoms with van der Waals surface area (Å²) in [7, 11) is 0. The number of nitrogens with zero attached hydrogens (tertiary/aromatic N) is 2. The van der Waals surface area contributed by atoms with Crippen molar-refractivity contribution in [3.05, 3.63) is 35.5 Å². The average molecular weight is 289 g/mol. The maximum absolute atomic E-state index is 5.48. The standard InChI is InChI=1S/C15H19N3OS/c1-2-6-17-14(5-1)15-18-13(11-20-15)9-16-8-12-4-3-7-19-10-12/h1-2,5-6,11-12,16H,3-4,7-10H2. The first-order valence-electron chi connectivity index (χ1n) is 7.06. The zero-order valence-electron chi connectivity index (χ0n) is 11.4. The van der Waals surface area contributed by atoms with Gasteiger partial charge in [0.15, 0.2) is 0 Å². The first kappa shape index (κ1) is 13.7. The minimum atomic E-state index is 0.651. The molecule has 0 spiro atoms. The molecule has 0 radical (unpaired) electrons. The lowest BCUT2D eigenvalue weighted by Gasteiger charge is -2.22. The smallest absolute Gasteiger partial charge is 0.142 e. The van der Waals surface area contributed by atoms with Gasteiger partial charge in [-0.2, -0.15) is 0 Å². The summed E-state index contributed by atoms with van der Waals surface area (Å²) < 4.78 is 5.48. The van der Waals surface area contributed by atoms with E-state index >= 15 is 0 Å². The minimum Gasteiger partial charge on any atom is -0.381 e. The lowest BCUT2D eigenvalue weighted by atomic mass is 10.0. The third-order valence-electron chi connectivity index (χ3n) is 3.43. The highest BCUT2D eigenvalue weighted by atomic mass is 32.1. The van der Waals surface area contributed by atoms with Crippen molar-refractivity contribution in [1.82, 2.24) is 15.3 Å². The van der Waals surface area contributed by atoms with Gasteiger partial charge in [0.25, 0.3) is 0 Å². The molecule has 3 heterocycles. The summed E-state index contributed by atoms with van der Waals surface area (Å²) in [6.45, 7) is 3.65. The molecule has 2 aromatic rings. The molecule has 20 heavy (non-hydrogen) atoms. The van der Waals surface area contributed by atoms with Crippen LogP contribution in [0.3, 0.4) is 0 Å². The van der Waals surface area contributed by atoms with E-state index in [0.717, 1.165) is 42.7 Å². The highest BCUT2D eigenvalue weighted by molar-refractivity contribution is 7.13. The highest BCUT2D eigenvalue weighted by Crippen LogP contribution is 2.21. The van der Waals surface area contributed by atoms with Crippen LogP contribution in [0.4, 0.5) is 0 Å². The zero-order valence-corrected chi connectivity index (χ0v) is 12.2. The topological polar surface area (TPSA) is 47.0 Å². The number of pyridine rings is 1. The van der Waals surface area contributed by atoms with Crippen molar-refractivity contribution < 1.29 is 4.74 Å². The Hall–Kier alpha value is -1.30. The zero-order chi connectivity index (χ0) is 13.6. The Kier molecular flexibility index (Phi) is 4.73. The van der Waals surface area contributed by atoms with Crippen molar-refractivity contribution in [2.75, 3.05) is 19.8 Å². The average Bonchev–Trinajstić information content (AvgIpc) is 2.98. The van der Waals surface area contributed by atoms with Crippen LogP contribution < -0.4 is 5.32 Å². The molecule has 1 aliphatic heterocycles. The highest BCUT2D eigenvalue weighted by Gasteiger charge is 2.13. The molecule has 2 aromatic heterocycles. The van der Waals surface area contributed by atoms with Gasteiger partial charge in [-0.3, -0.25) is 4.98 Å². The van der Waals surface area contributed by atoms with Crippen LogP contribution in [0.2, 0.25) is 0 Å². The van der Waals surface area contributed by atoms with Gasteiger partial charge in [-0.1, -0.05) is 6.07 Å². The van der Waals surface area contributed by atoms with Crippen molar-refractivity contribution in [1.29, 1.82) is 0 Å². The lowest BCUT2D eigenvalue weighted by molar-refractivity contribution is 0.0547. The third-order valence-corrected chi connectivity index (χ3v) is 4.34. The summed E-state index contributed by atoms with van der Waals surface area (Å²) >= 11 is 1.65. The summed E-state index contributed by atoms with van der Waals surface area (Å²) in [5.41, 5.74) is 2.04. The van der Waals surface area contributed by atoms with E-state index in [1.54, 1.807) is 17.5 Å². The number of hydrogen-bond acceptors (Lipinski definition) is 5. The van der Waals surface area contributed by atoms with Gasteiger partial charge in [-0.25, -0.2) is 4.98 Å². The Balaban J connectivity index is 1.50. The molecule has 1 aliphatic rings. The molecular weight excluding hydrogens is 270 g/mol. The Morgan fingerprint density at radius 3 is 3.20 bits per heavy atom. The van der Waals surface area contributed by atoms with Gasteiger partial charge in [-0.15, -0.1) is 11.3 Å². The monoisotopic (exact) mass is 289 g/mol. The summed E-state index contributed by atoms with van der Waals surface area (Å²) in [4.78, 5) is 8.95. The maximum atomic E-state index is 5.48. The molecule has 1 atom stereocenters. The van der Waals surface area contributed by atoms with E-state index < -0.39 is 0 Å². The Bertz CT molecular complexity index is 523. The van der Waals surface area contributed by atoms with Gasteiger partial charge in [0.05, 0.1) is 18.0 Å². The molecule has 1 N–H and O–H groups in total. The van der Waals surface area contributed by atoms with Gasteiger partial charge in [0, 0.05) is 31.3 Å². The van der Waals surface area contributed by atoms with E-state index in [1.165, 1.54) is 12.8 Å². The van der Waals surface area contributed by atoms with E-state index in [-0.39, 0.29) is 0 Å². The maximum Gasteiger partial charge on any atom is 0.142 e. The second kappa shape index (κ2) is 6.92. The number of thiazole rings is 1. The van der Waals surface area contributed by atoms with E-state index in [4.69, 9.17) is 4.74 Å². The van der Waals surface area contributed by atoms with Gasteiger partial charge in [0.1, 0.15) is 5.01 Å². The number of hydrogen-bond donors (Lipinski definition) is 1. The summed E-state index contributed by atoms with van der Waals surface area (Å²) in [6, 6.07) is 5.91. The molecule has 0 aromatic carbocycles. The van der Waals surface area contributed by atoms with Crippen LogP contribution >= 0.6 is 11.3 Å². The first-order valence-corrected chi connectivity index (χ1v) is 7.94. The Labute approximate surface area is 123 Å². The van der Waals surface area contributed by atoms with Gasteiger partial charge >= 0.3 is 0 Å². The molecule has 0 saturated carbocycles. The van der Waals surface area contributed by atoms with Crippen LogP contribution in [0.25, 0.3) is 10.7 Å². The van der Waals surface area contributed by atoms with Crippen LogP contribution in [-0.2, 0) is 11.3 Å². The van der Waals surface area contributed by atoms with Gasteiger partial charge in [-0.05, 0) is 30.9 Å². The van der Waals surface area contributed by atoms with Crippen molar-refractivity contribution in [2.24, 2.45) is 5.92 Å². The van der Waals surface area contributed by atoms with Crippen molar-refractivity contribution >= 4 is 11.3 Å². The predicted octanol–water partition coefficient (Wildman–Crippen LogP) is 2.72. The molecule has 3 rings (SSSR count). The van der Waals surface area contributed by atoms with E-state index in [9.17, 15) is 0 Å². The minimum absolute atomic E-state index is 0.651. The normalized spacial score (nSPS) is 19.1. The number of ether oxygens (including phenoxy) is 1. The molecule has 1 saturated heterocycles. The Morgan fingerprint density at radius 1 is 1.40 bits per heavy atom. The predicted molar refractivity (Wildman–Crippen MR) is 80.6 cm³/mol. The van der Waals surface area contributed by atoms with Crippen LogP contribution in [0.1, 0.15) is 18.5 Å². The molecule has 106 valence electrons. The van der Waals surface area contributed by atoms with Crippen molar-refractivity contribution in [3.63, 3.8) is 0 Å². The second-order valence-electron chi connectivity index (χ2n) is 5.07. The molecule has 1 unspecified atom stereocenters. The quantitative estimate of drug-likeness (QED) is 0.919. The number of rotatable bonds is 5. The third kappa shape index (κ3) is 3.62. The van der Waals surface area contributed by atoms with Crippen LogP contribution in [0, 0.1) is 5.92 Å². The second-order valence-corrected chi connectivity index (χ2v) is 5.93. The summed E-state index contributed by atoms with van der Waals surface area (Å²) in [5, 5.41) is 6.57. The molecule has 4 nitrogen and oxygen atoms in total. The number of nitrogens with one attached hydrogen (secondary N) is 1. The van der Waals surface area contributed by atoms with Crippen molar-refractivity contribution in [2.45, 2.75) is 19.4 Å². The van der Waals surface area contributed by atoms with E-state index in [1.807, 2.05) is 18.2 Å². The molecule has 0 bridgehead atoms. The fourth-order valence-electron chi connectivity index (χ4n) is 2.37. The Morgan fingerprint density at radius 2 is 2.40 bits per heavy atom. The van der Waals surface area contributed by atoms with Crippen LogP contribution in [0.15, 0.2) is 29.8 Å². The molecule has 0 amide bonds. The molecule has 0 aliphatic carbocycles. The summed E-state index contributed by atoms with van der Waals surface area (Å²) in [6.07, 6.45) is 4.26. The molecular formula is C15H19N3OS. The van der Waals surface area contributed by atoms with Gasteiger partial charge < -0.3 is 10.1 Å². The summed E-state index contributed by atoms with van der Waals surface area (Å²) in [5.74, 6) is 0.651. The SMILES string of the molecule is c1ccc(-c2nc(CNCC3CCCOC3)cs2)nc1. The lowest BCUT2D eigenvalue weighted by Crippen LogP contribution is -2.28. The largest absolute Gasteiger partial charge is 0.381 e. The molecule has 5 heteroatoms. The van der Waals surface area contributed by atoms with Crippen LogP contribution in [-0.4, -0.2) is 29.7 Å². The van der Waals surface area contributed by atoms with E-state index in [0.29, 0.717) is 5.92 Å². The molecule has 1 fully saturated rings. The number of aromatic nitrogens is 2. The van der Waals surface area contributed by atoms with Crippen molar-refractivity contribution in [3.8, 4) is 10.7 Å². The van der Waals surface area contributed by atoms with Gasteiger partial charge in [0.2, 0.25) is 0 Å². The van der Waals surface area contributed by atoms with Crippen LogP contribution in [0.5, 0.6) is 0 Å². The fourth-order valence-corrected chi connectivity index (χ4v) is 3.16. The fraction of sp³-hybridized carbons (Fsp3) is 0.467. The first-order chi connectivity index (χ1) is 9.92. The van der Waals surface area contributed by atoms with E-state index in [2.05, 4.69) is 20.7 Å².